The molecule has 2 aliphatic heterocycles. The Labute approximate surface area is 393 Å². The molecule has 12 nitrogen and oxygen atoms in total. The number of alkyl halides is 8. The van der Waals surface area contributed by atoms with Crippen LogP contribution in [0.4, 0.5) is 43.9 Å². The maximum absolute atomic E-state index is 14.0. The van der Waals surface area contributed by atoms with Crippen LogP contribution in [0.2, 0.25) is 25.7 Å². The predicted molar refractivity (Wildman–Crippen MR) is 242 cm³/mol. The van der Waals surface area contributed by atoms with Crippen LogP contribution in [0.5, 0.6) is 0 Å². The van der Waals surface area contributed by atoms with E-state index in [4.69, 9.17) is 4.74 Å². The lowest BCUT2D eigenvalue weighted by Crippen LogP contribution is -2.35. The molecule has 2 fully saturated rings. The summed E-state index contributed by atoms with van der Waals surface area (Å²) in [6, 6.07) is 8.87. The van der Waals surface area contributed by atoms with E-state index >= 15 is 0 Å². The molecule has 23 heteroatoms. The van der Waals surface area contributed by atoms with Crippen molar-refractivity contribution >= 4 is 41.7 Å². The Morgan fingerprint density at radius 2 is 1.10 bits per heavy atom. The zero-order valence-electron chi connectivity index (χ0n) is 38.0. The summed E-state index contributed by atoms with van der Waals surface area (Å²) in [5, 5.41) is 9.67. The highest BCUT2D eigenvalue weighted by Crippen LogP contribution is 2.38. The van der Waals surface area contributed by atoms with E-state index in [0.29, 0.717) is 30.3 Å². The first-order valence-electron chi connectivity index (χ1n) is 22.1. The van der Waals surface area contributed by atoms with Crippen LogP contribution in [0.1, 0.15) is 24.0 Å². The number of hydrogen-bond acceptors (Lipinski definition) is 6. The zero-order chi connectivity index (χ0) is 51.0. The van der Waals surface area contributed by atoms with Gasteiger partial charge in [-0.1, -0.05) is 31.8 Å². The summed E-state index contributed by atoms with van der Waals surface area (Å²) in [6.45, 7) is 6.26. The molecule has 2 amide bonds. The van der Waals surface area contributed by atoms with E-state index in [1.165, 1.54) is 51.3 Å². The maximum Gasteiger partial charge on any atom is 0.419 e. The third kappa shape index (κ3) is 11.4. The van der Waals surface area contributed by atoms with Crippen molar-refractivity contribution in [1.82, 2.24) is 28.1 Å². The van der Waals surface area contributed by atoms with E-state index in [1.807, 2.05) is 0 Å². The van der Waals surface area contributed by atoms with Crippen molar-refractivity contribution in [1.29, 1.82) is 0 Å². The van der Waals surface area contributed by atoms with Crippen molar-refractivity contribution < 1.29 is 63.3 Å². The molecule has 4 aromatic heterocycles. The molecule has 0 bridgehead atoms. The monoisotopic (exact) mass is 1010 g/mol. The minimum absolute atomic E-state index is 0.00515. The number of pyridine rings is 2. The number of aliphatic hydroxyl groups excluding tert-OH is 1. The van der Waals surface area contributed by atoms with E-state index in [1.54, 1.807) is 10.6 Å². The lowest BCUT2D eigenvalue weighted by atomic mass is 10.0. The number of halogens is 10. The van der Waals surface area contributed by atoms with Crippen molar-refractivity contribution in [2.24, 2.45) is 0 Å². The number of benzene rings is 2. The Morgan fingerprint density at radius 1 is 0.671 bits per heavy atom. The second-order valence-electron chi connectivity index (χ2n) is 18.4. The quantitative estimate of drug-likeness (QED) is 0.0744. The van der Waals surface area contributed by atoms with Gasteiger partial charge in [-0.05, 0) is 66.4 Å². The summed E-state index contributed by atoms with van der Waals surface area (Å²) in [5.41, 5.74) is -3.41. The molecule has 2 saturated heterocycles. The number of carbonyl (C=O) groups excluding carboxylic acids is 2. The summed E-state index contributed by atoms with van der Waals surface area (Å²) in [4.78, 5) is 54.4. The number of likely N-dealkylation sites (tertiary alicyclic amines) is 2. The van der Waals surface area contributed by atoms with Crippen molar-refractivity contribution in [3.8, 4) is 22.3 Å². The van der Waals surface area contributed by atoms with Crippen LogP contribution in [0, 0.1) is 11.6 Å². The largest absolute Gasteiger partial charge is 0.419 e. The average Bonchev–Trinajstić information content (AvgIpc) is 4.09. The molecule has 6 aromatic rings. The maximum atomic E-state index is 14.0. The van der Waals surface area contributed by atoms with Crippen molar-refractivity contribution in [2.45, 2.75) is 89.8 Å². The van der Waals surface area contributed by atoms with Crippen molar-refractivity contribution in [3.63, 3.8) is 0 Å². The van der Waals surface area contributed by atoms with Gasteiger partial charge in [-0.3, -0.25) is 19.2 Å². The van der Waals surface area contributed by atoms with Gasteiger partial charge in [0.2, 0.25) is 11.8 Å². The summed E-state index contributed by atoms with van der Waals surface area (Å²) in [5.74, 6) is -3.76. The Morgan fingerprint density at radius 3 is 1.49 bits per heavy atom. The molecule has 8 rings (SSSR count). The molecule has 0 radical (unpaired) electrons. The number of amides is 2. The molecule has 376 valence electrons. The molecule has 0 spiro atoms. The number of aromatic nitrogens is 4. The lowest BCUT2D eigenvalue weighted by molar-refractivity contribution is -0.140. The van der Waals surface area contributed by atoms with E-state index in [9.17, 15) is 68.2 Å². The predicted octanol–water partition coefficient (Wildman–Crippen LogP) is 8.66. The fourth-order valence-corrected chi connectivity index (χ4v) is 9.10. The molecular weight excluding hydrogens is 963 g/mol. The van der Waals surface area contributed by atoms with Gasteiger partial charge in [0, 0.05) is 63.7 Å². The van der Waals surface area contributed by atoms with Gasteiger partial charge in [0.1, 0.15) is 50.5 Å². The van der Waals surface area contributed by atoms with Gasteiger partial charge in [0.15, 0.2) is 0 Å². The minimum Gasteiger partial charge on any atom is -0.376 e. The fraction of sp³-hybridized carbons (Fsp3) is 0.404. The second kappa shape index (κ2) is 20.3. The number of carbonyl (C=O) groups is 2. The summed E-state index contributed by atoms with van der Waals surface area (Å²) < 4.78 is 145. The molecule has 2 aromatic carbocycles. The zero-order valence-corrected chi connectivity index (χ0v) is 39.0. The summed E-state index contributed by atoms with van der Waals surface area (Å²) >= 11 is 0. The molecular formula is C47H48F10N6O6Si. The fourth-order valence-electron chi connectivity index (χ4n) is 8.35. The standard InChI is InChI=1S/C26H30F5N3O3Si.C21H18F5N3O3/c1-38(2,3)11-10-37-16-34-14-19(17-4-5-21(28)20(12-17)26(29,30)31)24-22(34)7-9-33(25(24)36)15-23(35)32-8-6-18(27)13-32;22-13-3-5-27(8-13)18(31)10-28-6-4-17-19(20(28)32)14(9-29(17)11-30)12-1-2-16(23)15(7-12)21(24,25)26/h4-5,7,9,12,14,18H,6,8,10-11,13,15-16H2,1-3H3;1-2,4,6-7,9,13,30H,3,5,8,10-11H2. The van der Waals surface area contributed by atoms with Gasteiger partial charge in [-0.15, -0.1) is 0 Å². The number of rotatable bonds is 12. The van der Waals surface area contributed by atoms with Crippen LogP contribution >= 0.6 is 0 Å². The van der Waals surface area contributed by atoms with Crippen LogP contribution in [-0.2, 0) is 53.2 Å². The lowest BCUT2D eigenvalue weighted by Gasteiger charge is -2.16. The SMILES string of the molecule is C[Si](C)(C)CCOCn1cc(-c2ccc(F)c(C(F)(F)F)c2)c2c(=O)n(CC(=O)N3CCC(F)C3)ccc21.O=C(Cn1ccc2c(c(-c3ccc(F)c(C(F)(F)F)c3)cn2CO)c1=O)N1CCC(F)C1. The van der Waals surface area contributed by atoms with Gasteiger partial charge in [-0.2, -0.15) is 26.3 Å². The van der Waals surface area contributed by atoms with Crippen molar-refractivity contribution in [2.75, 3.05) is 32.8 Å². The number of aliphatic hydroxyl groups is 1. The molecule has 1 N–H and O–H groups in total. The minimum atomic E-state index is -4.94. The Hall–Kier alpha value is -6.20. The molecule has 6 heterocycles. The van der Waals surface area contributed by atoms with Gasteiger partial charge < -0.3 is 37.9 Å². The second-order valence-corrected chi connectivity index (χ2v) is 24.0. The third-order valence-electron chi connectivity index (χ3n) is 12.1. The Kier molecular flexibility index (Phi) is 14.9. The van der Waals surface area contributed by atoms with Gasteiger partial charge in [-0.25, -0.2) is 17.6 Å². The number of hydrogen-bond donors (Lipinski definition) is 1. The first-order valence-corrected chi connectivity index (χ1v) is 25.8. The van der Waals surface area contributed by atoms with E-state index in [-0.39, 0.29) is 97.4 Å². The van der Waals surface area contributed by atoms with Crippen LogP contribution < -0.4 is 11.1 Å². The molecule has 0 aliphatic carbocycles. The number of fused-ring (bicyclic) bond motifs is 2. The number of ether oxygens (including phenoxy) is 1. The van der Waals surface area contributed by atoms with E-state index < -0.39 is 85.2 Å². The third-order valence-corrected chi connectivity index (χ3v) is 13.8. The van der Waals surface area contributed by atoms with Crippen LogP contribution in [-0.4, -0.2) is 98.2 Å². The van der Waals surface area contributed by atoms with Crippen molar-refractivity contribution in [3.05, 3.63) is 117 Å². The van der Waals surface area contributed by atoms with Crippen LogP contribution in [0.15, 0.2) is 82.9 Å². The first-order chi connectivity index (χ1) is 32.8. The molecule has 0 saturated carbocycles. The topological polar surface area (TPSA) is 124 Å². The first kappa shape index (κ1) is 51.6. The summed E-state index contributed by atoms with van der Waals surface area (Å²) in [6.07, 6.45) is -6.08. The highest BCUT2D eigenvalue weighted by Gasteiger charge is 2.36. The molecule has 2 unspecified atom stereocenters. The van der Waals surface area contributed by atoms with Gasteiger partial charge in [0.25, 0.3) is 11.1 Å². The molecule has 70 heavy (non-hydrogen) atoms. The Bertz CT molecular complexity index is 3050. The average molecular weight is 1010 g/mol. The van der Waals surface area contributed by atoms with Gasteiger partial charge in [0.05, 0.1) is 46.0 Å². The van der Waals surface area contributed by atoms with E-state index in [2.05, 4.69) is 19.6 Å². The van der Waals surface area contributed by atoms with Crippen LogP contribution in [0.25, 0.3) is 44.1 Å². The summed E-state index contributed by atoms with van der Waals surface area (Å²) in [7, 11) is -1.36. The smallest absolute Gasteiger partial charge is 0.376 e. The number of nitrogens with zero attached hydrogens (tertiary/aromatic N) is 6. The van der Waals surface area contributed by atoms with Gasteiger partial charge >= 0.3 is 12.4 Å². The highest BCUT2D eigenvalue weighted by molar-refractivity contribution is 6.76. The Balaban J connectivity index is 0.000000209. The highest BCUT2D eigenvalue weighted by atomic mass is 28.3. The molecule has 2 atom stereocenters. The van der Waals surface area contributed by atoms with E-state index in [0.717, 1.165) is 27.3 Å². The molecule has 2 aliphatic rings. The van der Waals surface area contributed by atoms with Crippen LogP contribution in [0.3, 0.4) is 0 Å². The normalized spacial score (nSPS) is 16.7.